The standard InChI is InChI=1S/C11H12BrN3O3/c12-7-2-1-3-8-10(7)9(6-13-8)15(11(16)17)5-4-14-18/h1-3,6,13-14,18H,4-5H2,(H,16,17). The molecule has 0 aliphatic rings. The molecule has 1 heterocycles. The van der Waals surface area contributed by atoms with E-state index < -0.39 is 6.09 Å². The zero-order valence-corrected chi connectivity index (χ0v) is 10.9. The van der Waals surface area contributed by atoms with Crippen molar-refractivity contribution in [2.75, 3.05) is 18.0 Å². The van der Waals surface area contributed by atoms with Crippen molar-refractivity contribution >= 4 is 38.6 Å². The van der Waals surface area contributed by atoms with Crippen molar-refractivity contribution in [1.29, 1.82) is 0 Å². The number of hydrogen-bond acceptors (Lipinski definition) is 3. The number of aromatic nitrogens is 1. The molecule has 2 aromatic rings. The summed E-state index contributed by atoms with van der Waals surface area (Å²) < 4.78 is 0.819. The van der Waals surface area contributed by atoms with Gasteiger partial charge in [-0.2, -0.15) is 0 Å². The highest BCUT2D eigenvalue weighted by Crippen LogP contribution is 2.32. The molecular weight excluding hydrogens is 302 g/mol. The number of fused-ring (bicyclic) bond motifs is 1. The number of nitrogens with zero attached hydrogens (tertiary/aromatic N) is 1. The second kappa shape index (κ2) is 5.38. The first-order valence-electron chi connectivity index (χ1n) is 5.28. The van der Waals surface area contributed by atoms with Crippen LogP contribution in [-0.4, -0.2) is 34.5 Å². The molecule has 0 aliphatic carbocycles. The first-order valence-corrected chi connectivity index (χ1v) is 6.07. The molecule has 96 valence electrons. The number of carboxylic acid groups (broad SMARTS) is 1. The fourth-order valence-corrected chi connectivity index (χ4v) is 2.39. The number of benzene rings is 1. The van der Waals surface area contributed by atoms with E-state index in [0.717, 1.165) is 15.4 Å². The van der Waals surface area contributed by atoms with Crippen LogP contribution in [0.25, 0.3) is 10.9 Å². The normalized spacial score (nSPS) is 10.8. The summed E-state index contributed by atoms with van der Waals surface area (Å²) in [7, 11) is 0. The van der Waals surface area contributed by atoms with E-state index in [9.17, 15) is 9.90 Å². The predicted octanol–water partition coefficient (Wildman–Crippen LogP) is 2.39. The molecule has 1 amide bonds. The molecule has 0 saturated heterocycles. The van der Waals surface area contributed by atoms with Crippen molar-refractivity contribution < 1.29 is 15.1 Å². The number of anilines is 1. The Hall–Kier alpha value is -1.57. The van der Waals surface area contributed by atoms with Crippen molar-refractivity contribution in [3.63, 3.8) is 0 Å². The van der Waals surface area contributed by atoms with E-state index in [1.807, 2.05) is 23.7 Å². The average molecular weight is 314 g/mol. The van der Waals surface area contributed by atoms with Gasteiger partial charge in [0.15, 0.2) is 0 Å². The maximum atomic E-state index is 11.2. The molecule has 1 aromatic carbocycles. The van der Waals surface area contributed by atoms with E-state index in [2.05, 4.69) is 20.9 Å². The lowest BCUT2D eigenvalue weighted by atomic mass is 10.2. The summed E-state index contributed by atoms with van der Waals surface area (Å²) in [6.45, 7) is 0.309. The Morgan fingerprint density at radius 3 is 2.94 bits per heavy atom. The van der Waals surface area contributed by atoms with Crippen LogP contribution in [0.2, 0.25) is 0 Å². The molecule has 7 heteroatoms. The highest BCUT2D eigenvalue weighted by molar-refractivity contribution is 9.10. The van der Waals surface area contributed by atoms with E-state index in [1.165, 1.54) is 4.90 Å². The first-order chi connectivity index (χ1) is 8.65. The molecule has 0 saturated carbocycles. The number of hydrogen-bond donors (Lipinski definition) is 4. The van der Waals surface area contributed by atoms with Crippen LogP contribution >= 0.6 is 15.9 Å². The molecule has 0 radical (unpaired) electrons. The minimum absolute atomic E-state index is 0.153. The van der Waals surface area contributed by atoms with Crippen molar-refractivity contribution in [3.05, 3.63) is 28.9 Å². The second-order valence-corrected chi connectivity index (χ2v) is 4.53. The molecule has 18 heavy (non-hydrogen) atoms. The number of aromatic amines is 1. The van der Waals surface area contributed by atoms with Gasteiger partial charge < -0.3 is 15.3 Å². The van der Waals surface area contributed by atoms with E-state index in [4.69, 9.17) is 5.21 Å². The van der Waals surface area contributed by atoms with E-state index in [1.54, 1.807) is 6.20 Å². The number of carbonyl (C=O) groups is 1. The highest BCUT2D eigenvalue weighted by Gasteiger charge is 2.19. The molecule has 4 N–H and O–H groups in total. The zero-order chi connectivity index (χ0) is 13.1. The van der Waals surface area contributed by atoms with Gasteiger partial charge in [-0.1, -0.05) is 22.0 Å². The highest BCUT2D eigenvalue weighted by atomic mass is 79.9. The number of hydroxylamine groups is 1. The van der Waals surface area contributed by atoms with Gasteiger partial charge in [0, 0.05) is 34.7 Å². The van der Waals surface area contributed by atoms with Crippen LogP contribution in [-0.2, 0) is 0 Å². The van der Waals surface area contributed by atoms with E-state index in [0.29, 0.717) is 5.69 Å². The average Bonchev–Trinajstić information content (AvgIpc) is 2.75. The summed E-state index contributed by atoms with van der Waals surface area (Å²) in [5.74, 6) is 0. The second-order valence-electron chi connectivity index (χ2n) is 3.68. The Labute approximate surface area is 111 Å². The number of nitrogens with one attached hydrogen (secondary N) is 2. The Morgan fingerprint density at radius 1 is 1.50 bits per heavy atom. The van der Waals surface area contributed by atoms with Gasteiger partial charge in [0.2, 0.25) is 0 Å². The van der Waals surface area contributed by atoms with Crippen LogP contribution in [0.3, 0.4) is 0 Å². The Bertz CT molecular complexity index is 570. The van der Waals surface area contributed by atoms with Crippen LogP contribution in [0.4, 0.5) is 10.5 Å². The maximum absolute atomic E-state index is 11.2. The fourth-order valence-electron chi connectivity index (χ4n) is 1.82. The molecule has 0 unspecified atom stereocenters. The summed E-state index contributed by atoms with van der Waals surface area (Å²) in [5, 5.41) is 18.6. The van der Waals surface area contributed by atoms with Gasteiger partial charge in [-0.15, -0.1) is 0 Å². The van der Waals surface area contributed by atoms with E-state index in [-0.39, 0.29) is 13.1 Å². The lowest BCUT2D eigenvalue weighted by Crippen LogP contribution is -2.35. The van der Waals surface area contributed by atoms with Crippen LogP contribution in [0.1, 0.15) is 0 Å². The van der Waals surface area contributed by atoms with Crippen LogP contribution in [0, 0.1) is 0 Å². The zero-order valence-electron chi connectivity index (χ0n) is 9.35. The van der Waals surface area contributed by atoms with E-state index >= 15 is 0 Å². The largest absolute Gasteiger partial charge is 0.465 e. The van der Waals surface area contributed by atoms with Crippen molar-refractivity contribution in [2.45, 2.75) is 0 Å². The van der Waals surface area contributed by atoms with Crippen LogP contribution in [0.5, 0.6) is 0 Å². The van der Waals surface area contributed by atoms with Crippen LogP contribution in [0.15, 0.2) is 28.9 Å². The van der Waals surface area contributed by atoms with Crippen LogP contribution < -0.4 is 10.4 Å². The topological polar surface area (TPSA) is 88.6 Å². The summed E-state index contributed by atoms with van der Waals surface area (Å²) in [4.78, 5) is 15.4. The van der Waals surface area contributed by atoms with Gasteiger partial charge in [-0.05, 0) is 12.1 Å². The summed E-state index contributed by atoms with van der Waals surface area (Å²) in [6.07, 6.45) is 0.572. The smallest absolute Gasteiger partial charge is 0.411 e. The minimum atomic E-state index is -1.07. The van der Waals surface area contributed by atoms with Crippen molar-refractivity contribution in [2.24, 2.45) is 0 Å². The molecule has 0 fully saturated rings. The van der Waals surface area contributed by atoms with Crippen molar-refractivity contribution in [3.8, 4) is 0 Å². The van der Waals surface area contributed by atoms with Crippen molar-refractivity contribution in [1.82, 2.24) is 10.5 Å². The number of amides is 1. The van der Waals surface area contributed by atoms with Gasteiger partial charge in [-0.25, -0.2) is 10.3 Å². The molecule has 6 nitrogen and oxygen atoms in total. The van der Waals surface area contributed by atoms with Gasteiger partial charge in [0.05, 0.1) is 5.69 Å². The van der Waals surface area contributed by atoms with Gasteiger partial charge in [-0.3, -0.25) is 4.90 Å². The third-order valence-electron chi connectivity index (χ3n) is 2.60. The quantitative estimate of drug-likeness (QED) is 0.653. The Morgan fingerprint density at radius 2 is 2.28 bits per heavy atom. The summed E-state index contributed by atoms with van der Waals surface area (Å²) >= 11 is 3.41. The molecule has 2 rings (SSSR count). The number of H-pyrrole nitrogens is 1. The lowest BCUT2D eigenvalue weighted by molar-refractivity contribution is 0.167. The third kappa shape index (κ3) is 2.33. The molecule has 0 aliphatic heterocycles. The predicted molar refractivity (Wildman–Crippen MR) is 71.2 cm³/mol. The monoisotopic (exact) mass is 313 g/mol. The van der Waals surface area contributed by atoms with Gasteiger partial charge in [0.1, 0.15) is 0 Å². The lowest BCUT2D eigenvalue weighted by Gasteiger charge is -2.18. The molecule has 0 atom stereocenters. The first kappa shape index (κ1) is 12.9. The molecule has 0 bridgehead atoms. The SMILES string of the molecule is O=C(O)N(CCNO)c1c[nH]c2cccc(Br)c12. The Balaban J connectivity index is 2.47. The molecule has 0 spiro atoms. The number of rotatable bonds is 4. The Kier molecular flexibility index (Phi) is 3.85. The summed E-state index contributed by atoms with van der Waals surface area (Å²) in [6, 6.07) is 5.59. The molecular formula is C11H12BrN3O3. The summed E-state index contributed by atoms with van der Waals surface area (Å²) in [5.41, 5.74) is 3.36. The maximum Gasteiger partial charge on any atom is 0.411 e. The number of halogens is 1. The fraction of sp³-hybridized carbons (Fsp3) is 0.182. The molecule has 1 aromatic heterocycles. The van der Waals surface area contributed by atoms with Gasteiger partial charge in [0.25, 0.3) is 0 Å². The van der Waals surface area contributed by atoms with Gasteiger partial charge >= 0.3 is 6.09 Å². The third-order valence-corrected chi connectivity index (χ3v) is 3.26. The minimum Gasteiger partial charge on any atom is -0.465 e.